The van der Waals surface area contributed by atoms with E-state index in [1.165, 1.54) is 19.2 Å². The van der Waals surface area contributed by atoms with Gasteiger partial charge in [-0.1, -0.05) is 6.92 Å². The lowest BCUT2D eigenvalue weighted by molar-refractivity contribution is -0.384. The minimum absolute atomic E-state index is 0.0443. The minimum atomic E-state index is -0.431. The van der Waals surface area contributed by atoms with Crippen LogP contribution in [0.4, 0.5) is 5.69 Å². The van der Waals surface area contributed by atoms with Crippen LogP contribution in [-0.4, -0.2) is 30.3 Å². The van der Waals surface area contributed by atoms with Crippen LogP contribution < -0.4 is 10.1 Å². The number of nitro groups is 1. The van der Waals surface area contributed by atoms with E-state index in [-0.39, 0.29) is 18.2 Å². The van der Waals surface area contributed by atoms with Crippen molar-refractivity contribution in [1.82, 2.24) is 5.32 Å². The molecule has 0 amide bonds. The van der Waals surface area contributed by atoms with Crippen LogP contribution in [0.5, 0.6) is 5.75 Å². The summed E-state index contributed by atoms with van der Waals surface area (Å²) in [7, 11) is 1.53. The molecule has 1 unspecified atom stereocenters. The van der Waals surface area contributed by atoms with Crippen molar-refractivity contribution in [2.45, 2.75) is 13.5 Å². The normalized spacial score (nSPS) is 12.2. The number of non-ortho nitro benzene ring substituents is 1. The molecule has 1 aromatic rings. The molecule has 0 heterocycles. The number of methoxy groups -OCH3 is 1. The van der Waals surface area contributed by atoms with Crippen LogP contribution in [0.2, 0.25) is 0 Å². The zero-order valence-electron chi connectivity index (χ0n) is 10.5. The Bertz CT molecular complexity index is 409. The van der Waals surface area contributed by atoms with E-state index in [4.69, 9.17) is 9.84 Å². The number of nitrogens with one attached hydrogen (secondary N) is 1. The van der Waals surface area contributed by atoms with E-state index in [1.54, 1.807) is 6.07 Å². The van der Waals surface area contributed by atoms with Gasteiger partial charge in [0.15, 0.2) is 0 Å². The first-order chi connectivity index (χ1) is 8.58. The lowest BCUT2D eigenvalue weighted by atomic mass is 10.1. The third-order valence-corrected chi connectivity index (χ3v) is 2.59. The van der Waals surface area contributed by atoms with Crippen LogP contribution in [0.15, 0.2) is 18.2 Å². The molecule has 0 aliphatic heterocycles. The van der Waals surface area contributed by atoms with Gasteiger partial charge in [-0.05, 0) is 12.0 Å². The Kier molecular flexibility index (Phi) is 5.54. The van der Waals surface area contributed by atoms with Gasteiger partial charge in [0.1, 0.15) is 5.75 Å². The fraction of sp³-hybridized carbons (Fsp3) is 0.500. The molecule has 0 spiro atoms. The third kappa shape index (κ3) is 3.97. The number of rotatable bonds is 7. The quantitative estimate of drug-likeness (QED) is 0.566. The summed E-state index contributed by atoms with van der Waals surface area (Å²) in [5.74, 6) is 0.763. The van der Waals surface area contributed by atoms with E-state index in [1.807, 2.05) is 6.92 Å². The second kappa shape index (κ2) is 6.93. The Hall–Kier alpha value is -1.66. The van der Waals surface area contributed by atoms with Gasteiger partial charge in [0.25, 0.3) is 5.69 Å². The summed E-state index contributed by atoms with van der Waals surface area (Å²) in [6.45, 7) is 3.13. The van der Waals surface area contributed by atoms with Crippen LogP contribution in [0, 0.1) is 16.0 Å². The Morgan fingerprint density at radius 2 is 2.28 bits per heavy atom. The molecule has 1 aromatic carbocycles. The van der Waals surface area contributed by atoms with Gasteiger partial charge in [-0.3, -0.25) is 10.1 Å². The van der Waals surface area contributed by atoms with Crippen LogP contribution in [0.3, 0.4) is 0 Å². The standard InChI is InChI=1S/C12H18N2O4/c1-9(8-15)6-13-7-10-5-11(14(16)17)3-4-12(10)18-2/h3-5,9,13,15H,6-8H2,1-2H3. The van der Waals surface area contributed by atoms with Crippen molar-refractivity contribution in [1.29, 1.82) is 0 Å². The second-order valence-electron chi connectivity index (χ2n) is 4.17. The van der Waals surface area contributed by atoms with Crippen LogP contribution in [0.25, 0.3) is 0 Å². The van der Waals surface area contributed by atoms with E-state index in [0.717, 1.165) is 5.56 Å². The highest BCUT2D eigenvalue weighted by Crippen LogP contribution is 2.23. The van der Waals surface area contributed by atoms with E-state index >= 15 is 0 Å². The molecule has 0 aliphatic rings. The Labute approximate surface area is 106 Å². The monoisotopic (exact) mass is 254 g/mol. The lowest BCUT2D eigenvalue weighted by Crippen LogP contribution is -2.23. The van der Waals surface area contributed by atoms with E-state index in [0.29, 0.717) is 18.8 Å². The molecule has 0 aliphatic carbocycles. The molecule has 0 aromatic heterocycles. The number of aliphatic hydroxyl groups excluding tert-OH is 1. The second-order valence-corrected chi connectivity index (χ2v) is 4.17. The molecule has 0 bridgehead atoms. The van der Waals surface area contributed by atoms with Gasteiger partial charge in [0.05, 0.1) is 12.0 Å². The van der Waals surface area contributed by atoms with E-state index in [2.05, 4.69) is 5.32 Å². The van der Waals surface area contributed by atoms with Gasteiger partial charge in [0.2, 0.25) is 0 Å². The topological polar surface area (TPSA) is 84.6 Å². The Morgan fingerprint density at radius 3 is 2.83 bits per heavy atom. The van der Waals surface area contributed by atoms with Crippen LogP contribution in [-0.2, 0) is 6.54 Å². The first-order valence-electron chi connectivity index (χ1n) is 5.71. The minimum Gasteiger partial charge on any atom is -0.496 e. The summed E-state index contributed by atoms with van der Waals surface area (Å²) in [6.07, 6.45) is 0. The van der Waals surface area contributed by atoms with Crippen molar-refractivity contribution in [2.75, 3.05) is 20.3 Å². The highest BCUT2D eigenvalue weighted by molar-refractivity contribution is 5.43. The van der Waals surface area contributed by atoms with Gasteiger partial charge in [-0.25, -0.2) is 0 Å². The molecule has 6 nitrogen and oxygen atoms in total. The SMILES string of the molecule is COc1ccc([N+](=O)[O-])cc1CNCC(C)CO. The average molecular weight is 254 g/mol. The number of hydrogen-bond acceptors (Lipinski definition) is 5. The maximum Gasteiger partial charge on any atom is 0.270 e. The van der Waals surface area contributed by atoms with Gasteiger partial charge in [-0.15, -0.1) is 0 Å². The largest absolute Gasteiger partial charge is 0.496 e. The van der Waals surface area contributed by atoms with Crippen molar-refractivity contribution in [3.05, 3.63) is 33.9 Å². The molecule has 1 atom stereocenters. The molecule has 0 saturated carbocycles. The smallest absolute Gasteiger partial charge is 0.270 e. The zero-order chi connectivity index (χ0) is 13.5. The van der Waals surface area contributed by atoms with E-state index < -0.39 is 4.92 Å². The fourth-order valence-corrected chi connectivity index (χ4v) is 1.53. The summed E-state index contributed by atoms with van der Waals surface area (Å²) >= 11 is 0. The highest BCUT2D eigenvalue weighted by Gasteiger charge is 2.11. The molecule has 100 valence electrons. The Balaban J connectivity index is 2.72. The third-order valence-electron chi connectivity index (χ3n) is 2.59. The predicted octanol–water partition coefficient (Wildman–Crippen LogP) is 1.32. The maximum absolute atomic E-state index is 10.7. The maximum atomic E-state index is 10.7. The average Bonchev–Trinajstić information content (AvgIpc) is 2.38. The first kappa shape index (κ1) is 14.4. The first-order valence-corrected chi connectivity index (χ1v) is 5.71. The number of aliphatic hydroxyl groups is 1. The summed E-state index contributed by atoms with van der Waals surface area (Å²) in [6, 6.07) is 4.50. The molecular weight excluding hydrogens is 236 g/mol. The zero-order valence-corrected chi connectivity index (χ0v) is 10.5. The summed E-state index contributed by atoms with van der Waals surface area (Å²) in [5.41, 5.74) is 0.777. The van der Waals surface area contributed by atoms with E-state index in [9.17, 15) is 10.1 Å². The number of hydrogen-bond donors (Lipinski definition) is 2. The van der Waals surface area contributed by atoms with Gasteiger partial charge in [-0.2, -0.15) is 0 Å². The summed E-state index contributed by atoms with van der Waals surface area (Å²) in [4.78, 5) is 10.3. The Morgan fingerprint density at radius 1 is 1.56 bits per heavy atom. The molecule has 6 heteroatoms. The fourth-order valence-electron chi connectivity index (χ4n) is 1.53. The number of nitrogens with zero attached hydrogens (tertiary/aromatic N) is 1. The van der Waals surface area contributed by atoms with Gasteiger partial charge in [0, 0.05) is 37.4 Å². The molecule has 18 heavy (non-hydrogen) atoms. The van der Waals surface area contributed by atoms with Crippen molar-refractivity contribution in [3.8, 4) is 5.75 Å². The van der Waals surface area contributed by atoms with Crippen molar-refractivity contribution >= 4 is 5.69 Å². The van der Waals surface area contributed by atoms with Crippen molar-refractivity contribution in [3.63, 3.8) is 0 Å². The summed E-state index contributed by atoms with van der Waals surface area (Å²) in [5, 5.41) is 22.7. The molecule has 1 rings (SSSR count). The molecule has 0 saturated heterocycles. The molecule has 2 N–H and O–H groups in total. The van der Waals surface area contributed by atoms with Crippen LogP contribution in [0.1, 0.15) is 12.5 Å². The number of benzene rings is 1. The lowest BCUT2D eigenvalue weighted by Gasteiger charge is -2.12. The van der Waals surface area contributed by atoms with Crippen LogP contribution >= 0.6 is 0 Å². The summed E-state index contributed by atoms with van der Waals surface area (Å²) < 4.78 is 5.15. The van der Waals surface area contributed by atoms with Crippen molar-refractivity contribution in [2.24, 2.45) is 5.92 Å². The predicted molar refractivity (Wildman–Crippen MR) is 67.6 cm³/mol. The molecular formula is C12H18N2O4. The van der Waals surface area contributed by atoms with Gasteiger partial charge >= 0.3 is 0 Å². The number of nitro benzene ring substituents is 1. The van der Waals surface area contributed by atoms with Crippen molar-refractivity contribution < 1.29 is 14.8 Å². The van der Waals surface area contributed by atoms with Gasteiger partial charge < -0.3 is 15.2 Å². The molecule has 0 radical (unpaired) electrons. The highest BCUT2D eigenvalue weighted by atomic mass is 16.6. The molecule has 0 fully saturated rings. The number of ether oxygens (including phenoxy) is 1.